The molecule has 5 nitrogen and oxygen atoms in total. The topological polar surface area (TPSA) is 59.5 Å². The first kappa shape index (κ1) is 11.6. The molecule has 0 aliphatic rings. The van der Waals surface area contributed by atoms with Crippen molar-refractivity contribution in [1.29, 1.82) is 5.41 Å². The Bertz CT molecular complexity index is 811. The SMILES string of the molecule is Cc1c(C)n(-c2cccnc2)c2ncn(C)c(=N)c12. The molecule has 1 N–H and O–H groups in total. The number of hydrogen-bond donors (Lipinski definition) is 1. The summed E-state index contributed by atoms with van der Waals surface area (Å²) in [4.78, 5) is 8.64. The van der Waals surface area contributed by atoms with Crippen molar-refractivity contribution >= 4 is 11.0 Å². The van der Waals surface area contributed by atoms with Gasteiger partial charge in [0.15, 0.2) is 5.65 Å². The van der Waals surface area contributed by atoms with E-state index in [9.17, 15) is 0 Å². The fourth-order valence-electron chi connectivity index (χ4n) is 2.37. The monoisotopic (exact) mass is 253 g/mol. The standard InChI is InChI=1S/C14H15N5/c1-9-10(2)19(11-5-4-6-16-7-11)14-12(9)13(15)18(3)8-17-14/h4-8,15H,1-3H3. The zero-order chi connectivity index (χ0) is 13.6. The number of pyridine rings is 1. The van der Waals surface area contributed by atoms with Crippen molar-refractivity contribution in [3.8, 4) is 5.69 Å². The quantitative estimate of drug-likeness (QED) is 0.719. The lowest BCUT2D eigenvalue weighted by Gasteiger charge is -2.07. The Labute approximate surface area is 110 Å². The highest BCUT2D eigenvalue weighted by Gasteiger charge is 2.15. The van der Waals surface area contributed by atoms with Gasteiger partial charge in [0.2, 0.25) is 0 Å². The second kappa shape index (κ2) is 4.05. The average molecular weight is 253 g/mol. The highest BCUT2D eigenvalue weighted by molar-refractivity contribution is 5.82. The molecule has 0 bridgehead atoms. The van der Waals surface area contributed by atoms with Gasteiger partial charge in [-0.15, -0.1) is 0 Å². The Morgan fingerprint density at radius 3 is 2.74 bits per heavy atom. The molecular formula is C14H15N5. The van der Waals surface area contributed by atoms with Crippen LogP contribution in [0.15, 0.2) is 30.9 Å². The van der Waals surface area contributed by atoms with Crippen molar-refractivity contribution in [1.82, 2.24) is 19.1 Å². The van der Waals surface area contributed by atoms with Crippen LogP contribution in [-0.4, -0.2) is 19.1 Å². The van der Waals surface area contributed by atoms with Crippen LogP contribution in [-0.2, 0) is 7.05 Å². The van der Waals surface area contributed by atoms with Crippen LogP contribution in [0.4, 0.5) is 0 Å². The van der Waals surface area contributed by atoms with E-state index < -0.39 is 0 Å². The van der Waals surface area contributed by atoms with Gasteiger partial charge in [0.1, 0.15) is 5.49 Å². The van der Waals surface area contributed by atoms with Crippen molar-refractivity contribution in [2.24, 2.45) is 7.05 Å². The smallest absolute Gasteiger partial charge is 0.150 e. The molecule has 3 aromatic rings. The number of nitrogens with one attached hydrogen (secondary N) is 1. The van der Waals surface area contributed by atoms with Crippen molar-refractivity contribution in [3.63, 3.8) is 0 Å². The van der Waals surface area contributed by atoms with Gasteiger partial charge in [-0.1, -0.05) is 0 Å². The summed E-state index contributed by atoms with van der Waals surface area (Å²) in [6.45, 7) is 4.08. The number of aromatic nitrogens is 4. The summed E-state index contributed by atoms with van der Waals surface area (Å²) in [5.74, 6) is 0. The summed E-state index contributed by atoms with van der Waals surface area (Å²) in [7, 11) is 1.84. The van der Waals surface area contributed by atoms with Crippen molar-refractivity contribution in [2.45, 2.75) is 13.8 Å². The molecule has 0 saturated heterocycles. The number of hydrogen-bond acceptors (Lipinski definition) is 3. The van der Waals surface area contributed by atoms with Crippen LogP contribution >= 0.6 is 0 Å². The molecule has 0 spiro atoms. The highest BCUT2D eigenvalue weighted by atomic mass is 15.1. The molecule has 0 radical (unpaired) electrons. The van der Waals surface area contributed by atoms with Gasteiger partial charge in [-0.3, -0.25) is 15.0 Å². The zero-order valence-corrected chi connectivity index (χ0v) is 11.2. The van der Waals surface area contributed by atoms with Gasteiger partial charge in [0.05, 0.1) is 23.6 Å². The molecule has 0 amide bonds. The number of nitrogens with zero attached hydrogens (tertiary/aromatic N) is 4. The maximum Gasteiger partial charge on any atom is 0.150 e. The van der Waals surface area contributed by atoms with Crippen LogP contribution in [0, 0.1) is 19.3 Å². The van der Waals surface area contributed by atoms with Crippen molar-refractivity contribution < 1.29 is 0 Å². The van der Waals surface area contributed by atoms with E-state index in [0.29, 0.717) is 5.49 Å². The normalized spacial score (nSPS) is 11.1. The van der Waals surface area contributed by atoms with E-state index in [1.54, 1.807) is 17.1 Å². The Hall–Kier alpha value is -2.43. The van der Waals surface area contributed by atoms with Gasteiger partial charge in [-0.05, 0) is 31.5 Å². The molecule has 3 heterocycles. The molecule has 3 aromatic heterocycles. The van der Waals surface area contributed by atoms with E-state index in [4.69, 9.17) is 5.41 Å². The summed E-state index contributed by atoms with van der Waals surface area (Å²) in [6.07, 6.45) is 5.24. The molecule has 0 unspecified atom stereocenters. The maximum atomic E-state index is 8.20. The molecule has 3 rings (SSSR count). The number of aryl methyl sites for hydroxylation is 2. The second-order valence-electron chi connectivity index (χ2n) is 4.66. The minimum absolute atomic E-state index is 0.480. The summed E-state index contributed by atoms with van der Waals surface area (Å²) < 4.78 is 3.78. The summed E-state index contributed by atoms with van der Waals surface area (Å²) in [5.41, 5.74) is 4.45. The summed E-state index contributed by atoms with van der Waals surface area (Å²) in [6, 6.07) is 3.90. The lowest BCUT2D eigenvalue weighted by molar-refractivity contribution is 0.802. The van der Waals surface area contributed by atoms with Gasteiger partial charge in [-0.2, -0.15) is 0 Å². The largest absolute Gasteiger partial charge is 0.320 e. The summed E-state index contributed by atoms with van der Waals surface area (Å²) >= 11 is 0. The van der Waals surface area contributed by atoms with E-state index in [2.05, 4.69) is 14.5 Å². The second-order valence-corrected chi connectivity index (χ2v) is 4.66. The third kappa shape index (κ3) is 1.58. The van der Waals surface area contributed by atoms with Gasteiger partial charge < -0.3 is 4.57 Å². The number of rotatable bonds is 1. The molecule has 96 valence electrons. The molecule has 0 saturated carbocycles. The van der Waals surface area contributed by atoms with Crippen LogP contribution in [0.3, 0.4) is 0 Å². The first-order valence-electron chi connectivity index (χ1n) is 6.09. The molecule has 0 aliphatic carbocycles. The predicted octanol–water partition coefficient (Wildman–Crippen LogP) is 1.86. The first-order valence-corrected chi connectivity index (χ1v) is 6.09. The van der Waals surface area contributed by atoms with E-state index >= 15 is 0 Å². The van der Waals surface area contributed by atoms with Crippen LogP contribution in [0.25, 0.3) is 16.7 Å². The van der Waals surface area contributed by atoms with E-state index in [1.807, 2.05) is 39.2 Å². The van der Waals surface area contributed by atoms with E-state index in [-0.39, 0.29) is 0 Å². The average Bonchev–Trinajstić information content (AvgIpc) is 2.68. The lowest BCUT2D eigenvalue weighted by atomic mass is 10.2. The minimum Gasteiger partial charge on any atom is -0.320 e. The van der Waals surface area contributed by atoms with E-state index in [1.165, 1.54) is 0 Å². The molecule has 19 heavy (non-hydrogen) atoms. The first-order chi connectivity index (χ1) is 9.11. The molecule has 5 heteroatoms. The maximum absolute atomic E-state index is 8.20. The minimum atomic E-state index is 0.480. The fourth-order valence-corrected chi connectivity index (χ4v) is 2.37. The Morgan fingerprint density at radius 2 is 2.05 bits per heavy atom. The van der Waals surface area contributed by atoms with Gasteiger partial charge >= 0.3 is 0 Å². The molecule has 0 fully saturated rings. The molecular weight excluding hydrogens is 238 g/mol. The predicted molar refractivity (Wildman–Crippen MR) is 73.2 cm³/mol. The van der Waals surface area contributed by atoms with Gasteiger partial charge in [0.25, 0.3) is 0 Å². The zero-order valence-electron chi connectivity index (χ0n) is 11.2. The van der Waals surface area contributed by atoms with Gasteiger partial charge in [-0.25, -0.2) is 4.98 Å². The number of fused-ring (bicyclic) bond motifs is 1. The van der Waals surface area contributed by atoms with Crippen LogP contribution < -0.4 is 5.49 Å². The molecule has 0 aliphatic heterocycles. The van der Waals surface area contributed by atoms with Crippen LogP contribution in [0.1, 0.15) is 11.3 Å². The Balaban J connectivity index is 2.48. The highest BCUT2D eigenvalue weighted by Crippen LogP contribution is 2.24. The summed E-state index contributed by atoms with van der Waals surface area (Å²) in [5, 5.41) is 9.09. The van der Waals surface area contributed by atoms with Crippen molar-refractivity contribution in [3.05, 3.63) is 47.6 Å². The molecule has 0 aromatic carbocycles. The molecule has 0 atom stereocenters. The Morgan fingerprint density at radius 1 is 1.26 bits per heavy atom. The lowest BCUT2D eigenvalue weighted by Crippen LogP contribution is -2.17. The van der Waals surface area contributed by atoms with Crippen LogP contribution in [0.5, 0.6) is 0 Å². The van der Waals surface area contributed by atoms with E-state index in [0.717, 1.165) is 28.0 Å². The van der Waals surface area contributed by atoms with Gasteiger partial charge in [0, 0.05) is 18.9 Å². The third-order valence-corrected chi connectivity index (χ3v) is 3.54. The van der Waals surface area contributed by atoms with Crippen LogP contribution in [0.2, 0.25) is 0 Å². The fraction of sp³-hybridized carbons (Fsp3) is 0.214. The third-order valence-electron chi connectivity index (χ3n) is 3.54. The van der Waals surface area contributed by atoms with Crippen molar-refractivity contribution in [2.75, 3.05) is 0 Å². The Kier molecular flexibility index (Phi) is 2.48.